The number of fused-ring (bicyclic) bond motifs is 1. The normalized spacial score (nSPS) is 25.3. The van der Waals surface area contributed by atoms with Gasteiger partial charge >= 0.3 is 0 Å². The van der Waals surface area contributed by atoms with Gasteiger partial charge < -0.3 is 4.90 Å². The molecule has 2 saturated carbocycles. The molecular weight excluding hydrogens is 270 g/mol. The molecule has 3 aliphatic rings. The Kier molecular flexibility index (Phi) is 3.71. The fourth-order valence-electron chi connectivity index (χ4n) is 5.19. The Hall–Kier alpha value is -1.31. The van der Waals surface area contributed by atoms with Crippen molar-refractivity contribution in [3.05, 3.63) is 35.4 Å². The summed E-state index contributed by atoms with van der Waals surface area (Å²) in [5.74, 6) is 0.329. The molecule has 2 nitrogen and oxygen atoms in total. The second-order valence-corrected chi connectivity index (χ2v) is 7.59. The highest BCUT2D eigenvalue weighted by molar-refractivity contribution is 5.97. The van der Waals surface area contributed by atoms with Gasteiger partial charge in [-0.2, -0.15) is 0 Å². The molecule has 0 N–H and O–H groups in total. The fourth-order valence-corrected chi connectivity index (χ4v) is 5.19. The Labute approximate surface area is 133 Å². The number of carbonyl (C=O) groups is 1. The number of hydrogen-bond donors (Lipinski definition) is 0. The Morgan fingerprint density at radius 3 is 2.36 bits per heavy atom. The van der Waals surface area contributed by atoms with Crippen molar-refractivity contribution in [2.75, 3.05) is 0 Å². The predicted molar refractivity (Wildman–Crippen MR) is 89.0 cm³/mol. The van der Waals surface area contributed by atoms with Crippen molar-refractivity contribution < 1.29 is 4.79 Å². The van der Waals surface area contributed by atoms with Gasteiger partial charge in [-0.25, -0.2) is 0 Å². The maximum Gasteiger partial charge on any atom is 0.254 e. The summed E-state index contributed by atoms with van der Waals surface area (Å²) < 4.78 is 0. The summed E-state index contributed by atoms with van der Waals surface area (Å²) in [6.07, 6.45) is 13.8. The van der Waals surface area contributed by atoms with E-state index in [4.69, 9.17) is 0 Å². The van der Waals surface area contributed by atoms with Crippen LogP contribution in [-0.4, -0.2) is 22.4 Å². The molecule has 2 aliphatic carbocycles. The van der Waals surface area contributed by atoms with Gasteiger partial charge in [0.2, 0.25) is 0 Å². The van der Waals surface area contributed by atoms with Crippen LogP contribution in [0.1, 0.15) is 80.1 Å². The van der Waals surface area contributed by atoms with Gasteiger partial charge in [-0.15, -0.1) is 0 Å². The van der Waals surface area contributed by atoms with Crippen molar-refractivity contribution >= 4 is 5.91 Å². The van der Waals surface area contributed by atoms with Crippen LogP contribution < -0.4 is 0 Å². The lowest BCUT2D eigenvalue weighted by Crippen LogP contribution is -2.61. The first-order valence-electron chi connectivity index (χ1n) is 9.22. The zero-order valence-electron chi connectivity index (χ0n) is 13.5. The van der Waals surface area contributed by atoms with Gasteiger partial charge in [0.1, 0.15) is 0 Å². The maximum absolute atomic E-state index is 13.3. The highest BCUT2D eigenvalue weighted by Gasteiger charge is 2.47. The molecule has 0 aromatic heterocycles. The summed E-state index contributed by atoms with van der Waals surface area (Å²) in [5.41, 5.74) is 2.40. The van der Waals surface area contributed by atoms with E-state index in [9.17, 15) is 4.79 Å². The average molecular weight is 297 g/mol. The molecule has 1 heterocycles. The Bertz CT molecular complexity index is 553. The molecule has 0 radical (unpaired) electrons. The van der Waals surface area contributed by atoms with E-state index in [0.717, 1.165) is 12.0 Å². The summed E-state index contributed by atoms with van der Waals surface area (Å²) in [7, 11) is 0. The van der Waals surface area contributed by atoms with Crippen molar-refractivity contribution in [3.8, 4) is 0 Å². The first-order chi connectivity index (χ1) is 10.8. The molecule has 22 heavy (non-hydrogen) atoms. The van der Waals surface area contributed by atoms with Crippen LogP contribution in [0, 0.1) is 0 Å². The minimum Gasteiger partial charge on any atom is -0.330 e. The first kappa shape index (κ1) is 14.3. The van der Waals surface area contributed by atoms with E-state index in [-0.39, 0.29) is 5.54 Å². The van der Waals surface area contributed by atoms with Gasteiger partial charge in [-0.1, -0.05) is 56.7 Å². The zero-order chi connectivity index (χ0) is 15.0. The van der Waals surface area contributed by atoms with E-state index in [1.165, 1.54) is 69.8 Å². The largest absolute Gasteiger partial charge is 0.330 e. The van der Waals surface area contributed by atoms with E-state index in [1.54, 1.807) is 0 Å². The van der Waals surface area contributed by atoms with Crippen LogP contribution in [0.25, 0.3) is 0 Å². The molecule has 1 amide bonds. The lowest BCUT2D eigenvalue weighted by Gasteiger charge is -2.53. The Balaban J connectivity index is 1.75. The molecule has 1 spiro atoms. The van der Waals surface area contributed by atoms with E-state index in [0.29, 0.717) is 11.9 Å². The lowest BCUT2D eigenvalue weighted by atomic mass is 9.71. The Morgan fingerprint density at radius 1 is 0.909 bits per heavy atom. The third-order valence-electron chi connectivity index (χ3n) is 6.22. The van der Waals surface area contributed by atoms with Crippen LogP contribution in [0.3, 0.4) is 0 Å². The molecule has 1 aromatic rings. The van der Waals surface area contributed by atoms with Crippen LogP contribution in [0.4, 0.5) is 0 Å². The second-order valence-electron chi connectivity index (χ2n) is 7.59. The molecule has 118 valence electrons. The SMILES string of the molecule is O=C1c2ccccc2CC2(CCCCC2)N1C1CCCCC1. The minimum atomic E-state index is 0.131. The van der Waals surface area contributed by atoms with Crippen LogP contribution in [-0.2, 0) is 6.42 Å². The first-order valence-corrected chi connectivity index (χ1v) is 9.22. The average Bonchev–Trinajstić information content (AvgIpc) is 2.57. The van der Waals surface area contributed by atoms with Gasteiger partial charge in [0, 0.05) is 17.1 Å². The fraction of sp³-hybridized carbons (Fsp3) is 0.650. The van der Waals surface area contributed by atoms with Crippen molar-refractivity contribution in [3.63, 3.8) is 0 Å². The molecule has 2 fully saturated rings. The maximum atomic E-state index is 13.3. The highest BCUT2D eigenvalue weighted by atomic mass is 16.2. The summed E-state index contributed by atoms with van der Waals surface area (Å²) in [6.45, 7) is 0. The molecule has 0 unspecified atom stereocenters. The van der Waals surface area contributed by atoms with E-state index >= 15 is 0 Å². The van der Waals surface area contributed by atoms with Crippen LogP contribution in [0.5, 0.6) is 0 Å². The van der Waals surface area contributed by atoms with Gasteiger partial charge in [-0.3, -0.25) is 4.79 Å². The number of hydrogen-bond acceptors (Lipinski definition) is 1. The van der Waals surface area contributed by atoms with Crippen LogP contribution >= 0.6 is 0 Å². The molecule has 0 saturated heterocycles. The standard InChI is InChI=1S/C20H27NO/c22-19-18-12-6-5-9-16(18)15-20(13-7-2-8-14-20)21(19)17-10-3-1-4-11-17/h5-6,9,12,17H,1-4,7-8,10-11,13-15H2. The lowest BCUT2D eigenvalue weighted by molar-refractivity contribution is -0.000142. The van der Waals surface area contributed by atoms with Crippen molar-refractivity contribution in [2.24, 2.45) is 0 Å². The third kappa shape index (κ3) is 2.28. The van der Waals surface area contributed by atoms with E-state index in [1.807, 2.05) is 12.1 Å². The smallest absolute Gasteiger partial charge is 0.254 e. The molecule has 1 aromatic carbocycles. The summed E-state index contributed by atoms with van der Waals surface area (Å²) in [4.78, 5) is 15.7. The van der Waals surface area contributed by atoms with Gasteiger partial charge in [0.15, 0.2) is 0 Å². The topological polar surface area (TPSA) is 20.3 Å². The summed E-state index contributed by atoms with van der Waals surface area (Å²) in [6, 6.07) is 8.84. The monoisotopic (exact) mass is 297 g/mol. The minimum absolute atomic E-state index is 0.131. The predicted octanol–water partition coefficient (Wildman–Crippen LogP) is 4.72. The molecule has 0 bridgehead atoms. The quantitative estimate of drug-likeness (QED) is 0.734. The number of benzene rings is 1. The molecule has 1 aliphatic heterocycles. The zero-order valence-corrected chi connectivity index (χ0v) is 13.5. The van der Waals surface area contributed by atoms with E-state index in [2.05, 4.69) is 17.0 Å². The van der Waals surface area contributed by atoms with Crippen molar-refractivity contribution in [1.29, 1.82) is 0 Å². The van der Waals surface area contributed by atoms with Crippen LogP contribution in [0.2, 0.25) is 0 Å². The molecule has 4 rings (SSSR count). The molecular formula is C20H27NO. The van der Waals surface area contributed by atoms with E-state index < -0.39 is 0 Å². The summed E-state index contributed by atoms with van der Waals surface area (Å²) in [5, 5.41) is 0. The Morgan fingerprint density at radius 2 is 1.59 bits per heavy atom. The number of rotatable bonds is 1. The van der Waals surface area contributed by atoms with Crippen molar-refractivity contribution in [2.45, 2.75) is 82.2 Å². The molecule has 0 atom stereocenters. The number of amides is 1. The molecule has 2 heteroatoms. The number of nitrogens with zero attached hydrogens (tertiary/aromatic N) is 1. The number of carbonyl (C=O) groups excluding carboxylic acids is 1. The second kappa shape index (κ2) is 5.72. The third-order valence-corrected chi connectivity index (χ3v) is 6.22. The van der Waals surface area contributed by atoms with Crippen molar-refractivity contribution in [1.82, 2.24) is 4.90 Å². The van der Waals surface area contributed by atoms with Gasteiger partial charge in [-0.05, 0) is 43.7 Å². The highest BCUT2D eigenvalue weighted by Crippen LogP contribution is 2.44. The van der Waals surface area contributed by atoms with Gasteiger partial charge in [0.25, 0.3) is 5.91 Å². The van der Waals surface area contributed by atoms with Gasteiger partial charge in [0.05, 0.1) is 0 Å². The van der Waals surface area contributed by atoms with Crippen LogP contribution in [0.15, 0.2) is 24.3 Å². The summed E-state index contributed by atoms with van der Waals surface area (Å²) >= 11 is 0.